The number of carbonyl (C=O) groups is 1. The zero-order chi connectivity index (χ0) is 21.0. The summed E-state index contributed by atoms with van der Waals surface area (Å²) in [7, 11) is 3.34. The normalized spacial score (nSPS) is 10.7. The number of likely N-dealkylation sites (N-methyl/N-ethyl adjacent to an activating group) is 1. The van der Waals surface area contributed by atoms with Gasteiger partial charge in [-0.25, -0.2) is 9.37 Å². The summed E-state index contributed by atoms with van der Waals surface area (Å²) in [5.74, 6) is -0.556. The molecule has 3 aromatic rings. The van der Waals surface area contributed by atoms with Crippen molar-refractivity contribution in [1.29, 1.82) is 0 Å². The summed E-state index contributed by atoms with van der Waals surface area (Å²) < 4.78 is 15.6. The molecule has 152 valence electrons. The van der Waals surface area contributed by atoms with Crippen molar-refractivity contribution >= 4 is 46.6 Å². The highest BCUT2D eigenvalue weighted by Crippen LogP contribution is 2.25. The Bertz CT molecular complexity index is 1000. The fourth-order valence-electron chi connectivity index (χ4n) is 2.35. The first-order valence-electron chi connectivity index (χ1n) is 8.52. The van der Waals surface area contributed by atoms with Gasteiger partial charge in [0.15, 0.2) is 11.6 Å². The second-order valence-corrected chi connectivity index (χ2v) is 7.10. The van der Waals surface area contributed by atoms with Crippen LogP contribution in [0, 0.1) is 5.82 Å². The van der Waals surface area contributed by atoms with Gasteiger partial charge >= 0.3 is 0 Å². The molecule has 2 aromatic heterocycles. The standard InChI is InChI=1S/C18H18Cl2FN7O/c1-27(2)16(29)10-28-9-11(6-24-28)25-18-23-8-15(21)17(26-18)22-7-12-13(19)4-3-5-14(12)20/h3-6,8-9H,7,10H2,1-2H3,(H2,22,23,25,26). The van der Waals surface area contributed by atoms with E-state index in [1.807, 2.05) is 0 Å². The van der Waals surface area contributed by atoms with Crippen LogP contribution >= 0.6 is 23.2 Å². The number of amides is 1. The van der Waals surface area contributed by atoms with E-state index >= 15 is 0 Å². The molecule has 1 amide bonds. The Morgan fingerprint density at radius 3 is 2.66 bits per heavy atom. The van der Waals surface area contributed by atoms with Crippen molar-refractivity contribution < 1.29 is 9.18 Å². The Labute approximate surface area is 176 Å². The Morgan fingerprint density at radius 2 is 1.97 bits per heavy atom. The van der Waals surface area contributed by atoms with Gasteiger partial charge in [0.1, 0.15) is 6.54 Å². The quantitative estimate of drug-likeness (QED) is 0.587. The average molecular weight is 438 g/mol. The Balaban J connectivity index is 1.69. The van der Waals surface area contributed by atoms with Gasteiger partial charge in [-0.15, -0.1) is 0 Å². The minimum absolute atomic E-state index is 0.00587. The monoisotopic (exact) mass is 437 g/mol. The van der Waals surface area contributed by atoms with Gasteiger partial charge in [-0.3, -0.25) is 9.48 Å². The molecule has 2 heterocycles. The maximum absolute atomic E-state index is 14.1. The van der Waals surface area contributed by atoms with Crippen molar-refractivity contribution in [3.05, 3.63) is 58.2 Å². The number of nitrogens with zero attached hydrogens (tertiary/aromatic N) is 5. The first-order valence-corrected chi connectivity index (χ1v) is 9.28. The zero-order valence-corrected chi connectivity index (χ0v) is 17.2. The fraction of sp³-hybridized carbons (Fsp3) is 0.222. The van der Waals surface area contributed by atoms with E-state index in [4.69, 9.17) is 23.2 Å². The lowest BCUT2D eigenvalue weighted by Gasteiger charge is -2.11. The van der Waals surface area contributed by atoms with E-state index in [1.54, 1.807) is 38.5 Å². The number of hydrogen-bond acceptors (Lipinski definition) is 6. The SMILES string of the molecule is CN(C)C(=O)Cn1cc(Nc2ncc(F)c(NCc3c(Cl)cccc3Cl)n2)cn1. The van der Waals surface area contributed by atoms with Crippen LogP contribution in [-0.2, 0) is 17.9 Å². The van der Waals surface area contributed by atoms with Crippen LogP contribution in [0.1, 0.15) is 5.56 Å². The summed E-state index contributed by atoms with van der Waals surface area (Å²) in [6.45, 7) is 0.292. The largest absolute Gasteiger partial charge is 0.363 e. The van der Waals surface area contributed by atoms with Gasteiger partial charge < -0.3 is 15.5 Å². The van der Waals surface area contributed by atoms with Gasteiger partial charge in [-0.2, -0.15) is 10.1 Å². The Hall–Kier alpha value is -2.91. The van der Waals surface area contributed by atoms with Crippen molar-refractivity contribution in [1.82, 2.24) is 24.6 Å². The van der Waals surface area contributed by atoms with Crippen LogP contribution in [0.15, 0.2) is 36.8 Å². The molecule has 11 heteroatoms. The number of halogens is 3. The van der Waals surface area contributed by atoms with Crippen LogP contribution in [0.3, 0.4) is 0 Å². The summed E-state index contributed by atoms with van der Waals surface area (Å²) in [5, 5.41) is 10.8. The lowest BCUT2D eigenvalue weighted by atomic mass is 10.2. The third-order valence-electron chi connectivity index (χ3n) is 3.92. The van der Waals surface area contributed by atoms with Crippen LogP contribution in [0.5, 0.6) is 0 Å². The minimum Gasteiger partial charge on any atom is -0.363 e. The van der Waals surface area contributed by atoms with Crippen molar-refractivity contribution in [2.24, 2.45) is 0 Å². The summed E-state index contributed by atoms with van der Waals surface area (Å²) >= 11 is 12.3. The highest BCUT2D eigenvalue weighted by molar-refractivity contribution is 6.36. The summed E-state index contributed by atoms with van der Waals surface area (Å²) in [6, 6.07) is 5.13. The Kier molecular flexibility index (Phi) is 6.50. The van der Waals surface area contributed by atoms with Crippen molar-refractivity contribution in [3.8, 4) is 0 Å². The van der Waals surface area contributed by atoms with E-state index < -0.39 is 5.82 Å². The Morgan fingerprint density at radius 1 is 1.24 bits per heavy atom. The summed E-state index contributed by atoms with van der Waals surface area (Å²) in [4.78, 5) is 21.3. The molecule has 0 unspecified atom stereocenters. The van der Waals surface area contributed by atoms with E-state index in [9.17, 15) is 9.18 Å². The van der Waals surface area contributed by atoms with E-state index in [1.165, 1.54) is 15.8 Å². The van der Waals surface area contributed by atoms with Gasteiger partial charge in [0.25, 0.3) is 0 Å². The second-order valence-electron chi connectivity index (χ2n) is 6.28. The molecule has 0 spiro atoms. The van der Waals surface area contributed by atoms with Crippen LogP contribution < -0.4 is 10.6 Å². The fourth-order valence-corrected chi connectivity index (χ4v) is 2.88. The number of carbonyl (C=O) groups excluding carboxylic acids is 1. The topological polar surface area (TPSA) is 88.0 Å². The van der Waals surface area contributed by atoms with Gasteiger partial charge in [-0.05, 0) is 12.1 Å². The molecule has 0 fully saturated rings. The van der Waals surface area contributed by atoms with Crippen LogP contribution in [-0.4, -0.2) is 44.7 Å². The van der Waals surface area contributed by atoms with Gasteiger partial charge in [0, 0.05) is 42.4 Å². The second kappa shape index (κ2) is 9.06. The van der Waals surface area contributed by atoms with Crippen molar-refractivity contribution in [2.45, 2.75) is 13.1 Å². The highest BCUT2D eigenvalue weighted by Gasteiger charge is 2.11. The lowest BCUT2D eigenvalue weighted by molar-refractivity contribution is -0.129. The molecule has 0 aliphatic carbocycles. The number of benzene rings is 1. The molecule has 3 rings (SSSR count). The molecule has 0 radical (unpaired) electrons. The molecule has 29 heavy (non-hydrogen) atoms. The number of rotatable bonds is 7. The van der Waals surface area contributed by atoms with E-state index in [2.05, 4.69) is 25.7 Å². The molecule has 8 nitrogen and oxygen atoms in total. The highest BCUT2D eigenvalue weighted by atomic mass is 35.5. The third kappa shape index (κ3) is 5.33. The van der Waals surface area contributed by atoms with Crippen LogP contribution in [0.25, 0.3) is 0 Å². The van der Waals surface area contributed by atoms with Gasteiger partial charge in [-0.1, -0.05) is 29.3 Å². The maximum atomic E-state index is 14.1. The van der Waals surface area contributed by atoms with E-state index in [0.29, 0.717) is 21.3 Å². The predicted molar refractivity (Wildman–Crippen MR) is 110 cm³/mol. The molecule has 1 aromatic carbocycles. The predicted octanol–water partition coefficient (Wildman–Crippen LogP) is 3.56. The molecular formula is C18H18Cl2FN7O. The number of hydrogen-bond donors (Lipinski definition) is 2. The molecule has 0 atom stereocenters. The van der Waals surface area contributed by atoms with Crippen molar-refractivity contribution in [2.75, 3.05) is 24.7 Å². The third-order valence-corrected chi connectivity index (χ3v) is 4.63. The van der Waals surface area contributed by atoms with Crippen molar-refractivity contribution in [3.63, 3.8) is 0 Å². The summed E-state index contributed by atoms with van der Waals surface area (Å²) in [6.07, 6.45) is 4.20. The number of nitrogens with one attached hydrogen (secondary N) is 2. The number of aromatic nitrogens is 4. The molecule has 2 N–H and O–H groups in total. The average Bonchev–Trinajstić information content (AvgIpc) is 3.10. The maximum Gasteiger partial charge on any atom is 0.243 e. The van der Waals surface area contributed by atoms with E-state index in [-0.39, 0.29) is 30.8 Å². The smallest absolute Gasteiger partial charge is 0.243 e. The van der Waals surface area contributed by atoms with Crippen LogP contribution in [0.2, 0.25) is 10.0 Å². The van der Waals surface area contributed by atoms with E-state index in [0.717, 1.165) is 6.20 Å². The first-order chi connectivity index (χ1) is 13.8. The molecular weight excluding hydrogens is 420 g/mol. The minimum atomic E-state index is -0.619. The van der Waals surface area contributed by atoms with Gasteiger partial charge in [0.2, 0.25) is 11.9 Å². The molecule has 0 aliphatic rings. The number of anilines is 3. The first kappa shape index (κ1) is 20.8. The molecule has 0 saturated carbocycles. The summed E-state index contributed by atoms with van der Waals surface area (Å²) in [5.41, 5.74) is 1.19. The molecule has 0 saturated heterocycles. The van der Waals surface area contributed by atoms with Crippen LogP contribution in [0.4, 0.5) is 21.8 Å². The molecule has 0 bridgehead atoms. The molecule has 0 aliphatic heterocycles. The lowest BCUT2D eigenvalue weighted by Crippen LogP contribution is -2.26. The zero-order valence-electron chi connectivity index (χ0n) is 15.7. The van der Waals surface area contributed by atoms with Gasteiger partial charge in [0.05, 0.1) is 18.1 Å².